The van der Waals surface area contributed by atoms with Crippen molar-refractivity contribution in [3.05, 3.63) is 18.3 Å². The molecule has 0 saturated heterocycles. The molecule has 1 saturated carbocycles. The normalized spacial score (nSPS) is 20.7. The molecule has 0 amide bonds. The van der Waals surface area contributed by atoms with Crippen LogP contribution in [-0.4, -0.2) is 49.3 Å². The molecular weight excluding hydrogens is 362 g/mol. The van der Waals surface area contributed by atoms with Gasteiger partial charge in [0.2, 0.25) is 0 Å². The van der Waals surface area contributed by atoms with Crippen LogP contribution in [-0.2, 0) is 14.6 Å². The average molecular weight is 383 g/mol. The van der Waals surface area contributed by atoms with Crippen molar-refractivity contribution in [3.63, 3.8) is 0 Å². The highest BCUT2D eigenvalue weighted by molar-refractivity contribution is 7.80. The van der Waals surface area contributed by atoms with Crippen LogP contribution in [0.4, 0.5) is 5.82 Å². The van der Waals surface area contributed by atoms with Crippen molar-refractivity contribution < 1.29 is 26.6 Å². The summed E-state index contributed by atoms with van der Waals surface area (Å²) in [4.78, 5) is 8.95. The summed E-state index contributed by atoms with van der Waals surface area (Å²) in [5.74, 6) is 1.80. The Hall–Kier alpha value is -2.17. The zero-order valence-corrected chi connectivity index (χ0v) is 15.3. The van der Waals surface area contributed by atoms with E-state index in [1.54, 1.807) is 32.5 Å². The van der Waals surface area contributed by atoms with Gasteiger partial charge in [-0.2, -0.15) is 8.42 Å². The third-order valence-electron chi connectivity index (χ3n) is 4.33. The number of rotatable bonds is 6. The first-order valence-electron chi connectivity index (χ1n) is 8.19. The molecule has 0 aliphatic heterocycles. The number of fused-ring (bicyclic) bond motifs is 1. The molecule has 1 fully saturated rings. The highest BCUT2D eigenvalue weighted by Gasteiger charge is 2.25. The van der Waals surface area contributed by atoms with Gasteiger partial charge in [0.1, 0.15) is 5.82 Å². The van der Waals surface area contributed by atoms with Crippen LogP contribution in [0.1, 0.15) is 25.7 Å². The van der Waals surface area contributed by atoms with Gasteiger partial charge in [0.05, 0.1) is 37.6 Å². The van der Waals surface area contributed by atoms with E-state index in [1.807, 2.05) is 0 Å². The first-order chi connectivity index (χ1) is 12.4. The van der Waals surface area contributed by atoms with Gasteiger partial charge in [-0.1, -0.05) is 0 Å². The summed E-state index contributed by atoms with van der Waals surface area (Å²) >= 11 is 0. The Labute approximate surface area is 151 Å². The monoisotopic (exact) mass is 383 g/mol. The highest BCUT2D eigenvalue weighted by atomic mass is 32.3. The molecule has 1 aromatic carbocycles. The minimum absolute atomic E-state index is 0.128. The summed E-state index contributed by atoms with van der Waals surface area (Å²) in [7, 11) is -1.28. The smallest absolute Gasteiger partial charge is 0.397 e. The quantitative estimate of drug-likeness (QED) is 0.723. The van der Waals surface area contributed by atoms with Crippen LogP contribution in [0.15, 0.2) is 18.3 Å². The lowest BCUT2D eigenvalue weighted by Crippen LogP contribution is -2.31. The largest absolute Gasteiger partial charge is 0.493 e. The number of hydrogen-bond acceptors (Lipinski definition) is 8. The zero-order valence-electron chi connectivity index (χ0n) is 14.5. The predicted octanol–water partition coefficient (Wildman–Crippen LogP) is 2.19. The van der Waals surface area contributed by atoms with E-state index in [1.165, 1.54) is 0 Å². The molecular formula is C16H21N3O6S. The topological polar surface area (TPSA) is 120 Å². The fraction of sp³-hybridized carbons (Fsp3) is 0.500. The number of nitrogens with one attached hydrogen (secondary N) is 1. The summed E-state index contributed by atoms with van der Waals surface area (Å²) in [5.41, 5.74) is 1.37. The van der Waals surface area contributed by atoms with Crippen LogP contribution in [0, 0.1) is 0 Å². The maximum Gasteiger partial charge on any atom is 0.397 e. The van der Waals surface area contributed by atoms with Crippen LogP contribution in [0.5, 0.6) is 11.5 Å². The van der Waals surface area contributed by atoms with Crippen LogP contribution in [0.25, 0.3) is 11.0 Å². The van der Waals surface area contributed by atoms with Gasteiger partial charge in [-0.05, 0) is 25.7 Å². The summed E-state index contributed by atoms with van der Waals surface area (Å²) in [6.45, 7) is 0. The van der Waals surface area contributed by atoms with E-state index >= 15 is 0 Å². The molecule has 26 heavy (non-hydrogen) atoms. The number of aromatic nitrogens is 2. The van der Waals surface area contributed by atoms with Crippen LogP contribution < -0.4 is 14.8 Å². The second-order valence-electron chi connectivity index (χ2n) is 6.09. The summed E-state index contributed by atoms with van der Waals surface area (Å²) in [6.07, 6.45) is 3.63. The molecule has 0 spiro atoms. The van der Waals surface area contributed by atoms with Gasteiger partial charge in [0.25, 0.3) is 0 Å². The van der Waals surface area contributed by atoms with Gasteiger partial charge in [-0.25, -0.2) is 9.17 Å². The molecule has 1 aliphatic carbocycles. The number of methoxy groups -OCH3 is 2. The average Bonchev–Trinajstić information content (AvgIpc) is 2.61. The lowest BCUT2D eigenvalue weighted by atomic mass is 9.93. The van der Waals surface area contributed by atoms with Gasteiger partial charge in [0.15, 0.2) is 11.5 Å². The fourth-order valence-corrected chi connectivity index (χ4v) is 3.63. The minimum Gasteiger partial charge on any atom is -0.493 e. The number of hydrogen-bond donors (Lipinski definition) is 2. The Bertz CT molecular complexity index is 881. The SMILES string of the molecule is COc1cc2ncc(N[C@H]3CC[C@H](OS(=O)(=O)O)CC3)nc2cc1OC. The lowest BCUT2D eigenvalue weighted by Gasteiger charge is -2.28. The molecule has 142 valence electrons. The van der Waals surface area contributed by atoms with Crippen LogP contribution in [0.2, 0.25) is 0 Å². The number of benzene rings is 1. The van der Waals surface area contributed by atoms with Crippen molar-refractivity contribution >= 4 is 27.3 Å². The van der Waals surface area contributed by atoms with E-state index in [-0.39, 0.29) is 6.04 Å². The lowest BCUT2D eigenvalue weighted by molar-refractivity contribution is 0.138. The Morgan fingerprint density at radius 1 is 1.08 bits per heavy atom. The Kier molecular flexibility index (Phi) is 5.44. The Morgan fingerprint density at radius 3 is 2.27 bits per heavy atom. The van der Waals surface area contributed by atoms with Crippen molar-refractivity contribution in [2.75, 3.05) is 19.5 Å². The molecule has 3 rings (SSSR count). The second-order valence-corrected chi connectivity index (χ2v) is 7.14. The van der Waals surface area contributed by atoms with E-state index in [0.29, 0.717) is 54.0 Å². The third-order valence-corrected chi connectivity index (χ3v) is 4.85. The maximum absolute atomic E-state index is 10.8. The van der Waals surface area contributed by atoms with Crippen molar-refractivity contribution in [3.8, 4) is 11.5 Å². The summed E-state index contributed by atoms with van der Waals surface area (Å²) in [5, 5.41) is 3.31. The number of ether oxygens (including phenoxy) is 2. The molecule has 0 radical (unpaired) electrons. The molecule has 1 aromatic heterocycles. The van der Waals surface area contributed by atoms with Crippen LogP contribution in [0.3, 0.4) is 0 Å². The molecule has 10 heteroatoms. The zero-order chi connectivity index (χ0) is 18.7. The standard InChI is InChI=1S/C16H21N3O6S/c1-23-14-7-12-13(8-15(14)24-2)19-16(9-17-12)18-10-3-5-11(6-4-10)25-26(20,21)22/h7-11H,3-6H2,1-2H3,(H,18,19)(H,20,21,22)/t10-,11-. The summed E-state index contributed by atoms with van der Waals surface area (Å²) < 4.78 is 45.5. The molecule has 0 atom stereocenters. The van der Waals surface area contributed by atoms with Gasteiger partial charge in [0, 0.05) is 18.2 Å². The minimum atomic E-state index is -4.40. The third kappa shape index (κ3) is 4.51. The van der Waals surface area contributed by atoms with E-state index in [0.717, 1.165) is 0 Å². The van der Waals surface area contributed by atoms with Crippen molar-refractivity contribution in [1.82, 2.24) is 9.97 Å². The van der Waals surface area contributed by atoms with Gasteiger partial charge in [-0.15, -0.1) is 0 Å². The molecule has 2 N–H and O–H groups in total. The first kappa shape index (κ1) is 18.6. The van der Waals surface area contributed by atoms with E-state index in [2.05, 4.69) is 19.5 Å². The predicted molar refractivity (Wildman–Crippen MR) is 94.9 cm³/mol. The molecule has 1 heterocycles. The van der Waals surface area contributed by atoms with Gasteiger partial charge in [-0.3, -0.25) is 9.54 Å². The Balaban J connectivity index is 1.68. The first-order valence-corrected chi connectivity index (χ1v) is 9.55. The fourth-order valence-electron chi connectivity index (χ4n) is 3.09. The highest BCUT2D eigenvalue weighted by Crippen LogP contribution is 2.31. The van der Waals surface area contributed by atoms with Crippen molar-refractivity contribution in [2.45, 2.75) is 37.8 Å². The Morgan fingerprint density at radius 2 is 1.69 bits per heavy atom. The van der Waals surface area contributed by atoms with Gasteiger partial charge < -0.3 is 14.8 Å². The van der Waals surface area contributed by atoms with E-state index in [9.17, 15) is 8.42 Å². The molecule has 1 aliphatic rings. The maximum atomic E-state index is 10.8. The molecule has 0 bridgehead atoms. The van der Waals surface area contributed by atoms with E-state index in [4.69, 9.17) is 14.0 Å². The number of anilines is 1. The van der Waals surface area contributed by atoms with Crippen molar-refractivity contribution in [1.29, 1.82) is 0 Å². The number of nitrogens with zero attached hydrogens (tertiary/aromatic N) is 2. The van der Waals surface area contributed by atoms with Gasteiger partial charge >= 0.3 is 10.4 Å². The molecule has 2 aromatic rings. The summed E-state index contributed by atoms with van der Waals surface area (Å²) in [6, 6.07) is 3.66. The van der Waals surface area contributed by atoms with Crippen LogP contribution >= 0.6 is 0 Å². The van der Waals surface area contributed by atoms with Crippen molar-refractivity contribution in [2.24, 2.45) is 0 Å². The molecule has 0 unspecified atom stereocenters. The molecule has 9 nitrogen and oxygen atoms in total. The van der Waals surface area contributed by atoms with E-state index < -0.39 is 16.5 Å². The second kappa shape index (κ2) is 7.60.